The summed E-state index contributed by atoms with van der Waals surface area (Å²) in [7, 11) is 0. The van der Waals surface area contributed by atoms with Crippen LogP contribution in [0.3, 0.4) is 0 Å². The van der Waals surface area contributed by atoms with E-state index in [1.54, 1.807) is 6.20 Å². The molecule has 0 saturated heterocycles. The summed E-state index contributed by atoms with van der Waals surface area (Å²) < 4.78 is 4.68. The first-order valence-electron chi connectivity index (χ1n) is 3.64. The van der Waals surface area contributed by atoms with E-state index in [1.165, 1.54) is 11.5 Å². The van der Waals surface area contributed by atoms with Crippen LogP contribution in [0.4, 0.5) is 0 Å². The van der Waals surface area contributed by atoms with E-state index >= 15 is 0 Å². The van der Waals surface area contributed by atoms with Gasteiger partial charge in [-0.25, -0.2) is 4.79 Å². The van der Waals surface area contributed by atoms with Gasteiger partial charge >= 0.3 is 5.97 Å². The number of aromatic carboxylic acids is 1. The van der Waals surface area contributed by atoms with Crippen molar-refractivity contribution in [2.24, 2.45) is 0 Å². The van der Waals surface area contributed by atoms with Crippen LogP contribution in [0.25, 0.3) is 10.2 Å². The Bertz CT molecular complexity index is 478. The largest absolute Gasteiger partial charge is 0.476 e. The smallest absolute Gasteiger partial charge is 0.357 e. The van der Waals surface area contributed by atoms with Gasteiger partial charge in [0, 0.05) is 6.20 Å². The number of nitrogens with zero attached hydrogens (tertiary/aromatic N) is 2. The second-order valence-electron chi connectivity index (χ2n) is 2.64. The third-order valence-electron chi connectivity index (χ3n) is 1.76. The van der Waals surface area contributed by atoms with Gasteiger partial charge in [-0.05, 0) is 30.1 Å². The average molecular weight is 194 g/mol. The normalized spacial score (nSPS) is 10.5. The maximum Gasteiger partial charge on any atom is 0.357 e. The summed E-state index contributed by atoms with van der Waals surface area (Å²) >= 11 is 1.18. The minimum Gasteiger partial charge on any atom is -0.476 e. The Hall–Kier alpha value is -1.49. The van der Waals surface area contributed by atoms with Crippen LogP contribution in [-0.4, -0.2) is 20.4 Å². The Morgan fingerprint density at radius 1 is 1.62 bits per heavy atom. The van der Waals surface area contributed by atoms with E-state index in [2.05, 4.69) is 9.36 Å². The highest BCUT2D eigenvalue weighted by molar-refractivity contribution is 7.13. The maximum atomic E-state index is 10.7. The predicted molar refractivity (Wildman–Crippen MR) is 49.1 cm³/mol. The molecule has 0 saturated carbocycles. The zero-order valence-electron chi connectivity index (χ0n) is 6.81. The van der Waals surface area contributed by atoms with Crippen LogP contribution in [0, 0.1) is 6.92 Å². The van der Waals surface area contributed by atoms with Gasteiger partial charge in [0.05, 0.1) is 4.70 Å². The van der Waals surface area contributed by atoms with E-state index in [-0.39, 0.29) is 5.69 Å². The van der Waals surface area contributed by atoms with E-state index in [1.807, 2.05) is 13.0 Å². The van der Waals surface area contributed by atoms with Crippen LogP contribution >= 0.6 is 11.5 Å². The fraction of sp³-hybridized carbons (Fsp3) is 0.125. The van der Waals surface area contributed by atoms with Crippen molar-refractivity contribution in [3.63, 3.8) is 0 Å². The summed E-state index contributed by atoms with van der Waals surface area (Å²) in [6.07, 6.45) is 1.60. The van der Waals surface area contributed by atoms with Crippen molar-refractivity contribution in [3.8, 4) is 0 Å². The van der Waals surface area contributed by atoms with Crippen molar-refractivity contribution in [2.45, 2.75) is 6.92 Å². The van der Waals surface area contributed by atoms with Gasteiger partial charge in [0.15, 0.2) is 5.69 Å². The van der Waals surface area contributed by atoms with Crippen molar-refractivity contribution < 1.29 is 9.90 Å². The second-order valence-corrected chi connectivity index (χ2v) is 3.42. The van der Waals surface area contributed by atoms with Gasteiger partial charge in [0.1, 0.15) is 5.52 Å². The molecule has 2 heterocycles. The minimum atomic E-state index is -1.02. The standard InChI is InChI=1S/C8H6N2O2S/c1-4-2-3-9-5-6(8(11)12)10-13-7(4)5/h2-3H,1H3,(H,11,12). The molecular weight excluding hydrogens is 188 g/mol. The van der Waals surface area contributed by atoms with Gasteiger partial charge in [0.25, 0.3) is 0 Å². The highest BCUT2D eigenvalue weighted by Gasteiger charge is 2.14. The predicted octanol–water partition coefficient (Wildman–Crippen LogP) is 1.70. The van der Waals surface area contributed by atoms with Crippen molar-refractivity contribution in [3.05, 3.63) is 23.5 Å². The number of carboxylic acids is 1. The van der Waals surface area contributed by atoms with Gasteiger partial charge < -0.3 is 5.11 Å². The minimum absolute atomic E-state index is 0.0451. The van der Waals surface area contributed by atoms with Crippen LogP contribution in [0.5, 0.6) is 0 Å². The fourth-order valence-corrected chi connectivity index (χ4v) is 1.90. The Balaban J connectivity index is 2.83. The number of rotatable bonds is 1. The molecule has 0 aliphatic heterocycles. The van der Waals surface area contributed by atoms with Crippen LogP contribution in [0.2, 0.25) is 0 Å². The molecular formula is C8H6N2O2S. The summed E-state index contributed by atoms with van der Waals surface area (Å²) in [6.45, 7) is 1.91. The molecule has 0 amide bonds. The van der Waals surface area contributed by atoms with Gasteiger partial charge in [-0.1, -0.05) is 0 Å². The Morgan fingerprint density at radius 2 is 2.38 bits per heavy atom. The molecule has 0 atom stereocenters. The van der Waals surface area contributed by atoms with Gasteiger partial charge in [-0.15, -0.1) is 0 Å². The monoisotopic (exact) mass is 194 g/mol. The Morgan fingerprint density at radius 3 is 3.08 bits per heavy atom. The lowest BCUT2D eigenvalue weighted by molar-refractivity contribution is 0.0694. The quantitative estimate of drug-likeness (QED) is 0.750. The first-order chi connectivity index (χ1) is 6.20. The number of aromatic nitrogens is 2. The third-order valence-corrected chi connectivity index (χ3v) is 2.73. The number of carboxylic acid groups (broad SMARTS) is 1. The first kappa shape index (κ1) is 8.12. The van der Waals surface area contributed by atoms with Crippen LogP contribution < -0.4 is 0 Å². The summed E-state index contributed by atoms with van der Waals surface area (Å²) in [6, 6.07) is 1.84. The van der Waals surface area contributed by atoms with Gasteiger partial charge in [-0.3, -0.25) is 4.98 Å². The zero-order valence-corrected chi connectivity index (χ0v) is 7.63. The van der Waals surface area contributed by atoms with Crippen molar-refractivity contribution in [2.75, 3.05) is 0 Å². The molecule has 13 heavy (non-hydrogen) atoms. The maximum absolute atomic E-state index is 10.7. The molecule has 1 N–H and O–H groups in total. The van der Waals surface area contributed by atoms with E-state index in [0.717, 1.165) is 10.3 Å². The molecule has 0 bridgehead atoms. The molecule has 0 aromatic carbocycles. The highest BCUT2D eigenvalue weighted by atomic mass is 32.1. The average Bonchev–Trinajstić information content (AvgIpc) is 2.48. The fourth-order valence-electron chi connectivity index (χ4n) is 1.10. The van der Waals surface area contributed by atoms with Crippen LogP contribution in [0.1, 0.15) is 16.1 Å². The Labute approximate surface area is 78.0 Å². The molecule has 0 spiro atoms. The molecule has 4 nitrogen and oxygen atoms in total. The molecule has 0 aliphatic rings. The SMILES string of the molecule is Cc1ccnc2c(C(=O)O)nsc12. The molecule has 66 valence electrons. The third kappa shape index (κ3) is 1.17. The van der Waals surface area contributed by atoms with Crippen LogP contribution in [0.15, 0.2) is 12.3 Å². The summed E-state index contributed by atoms with van der Waals surface area (Å²) in [5.41, 5.74) is 1.54. The molecule has 2 aromatic rings. The summed E-state index contributed by atoms with van der Waals surface area (Å²) in [4.78, 5) is 14.7. The molecule has 0 radical (unpaired) electrons. The van der Waals surface area contributed by atoms with Gasteiger partial charge in [0.2, 0.25) is 0 Å². The van der Waals surface area contributed by atoms with Crippen molar-refractivity contribution in [1.29, 1.82) is 0 Å². The molecule has 0 unspecified atom stereocenters. The number of carbonyl (C=O) groups is 1. The topological polar surface area (TPSA) is 63.1 Å². The molecule has 0 aliphatic carbocycles. The molecule has 5 heteroatoms. The molecule has 2 aromatic heterocycles. The Kier molecular flexibility index (Phi) is 1.73. The number of hydrogen-bond donors (Lipinski definition) is 1. The first-order valence-corrected chi connectivity index (χ1v) is 4.42. The lowest BCUT2D eigenvalue weighted by atomic mass is 10.2. The number of aryl methyl sites for hydroxylation is 1. The van der Waals surface area contributed by atoms with Crippen molar-refractivity contribution >= 4 is 27.7 Å². The number of hydrogen-bond acceptors (Lipinski definition) is 4. The summed E-state index contributed by atoms with van der Waals surface area (Å²) in [5, 5.41) is 8.77. The highest BCUT2D eigenvalue weighted by Crippen LogP contribution is 2.23. The molecule has 0 fully saturated rings. The zero-order chi connectivity index (χ0) is 9.42. The van der Waals surface area contributed by atoms with E-state index < -0.39 is 5.97 Å². The number of pyridine rings is 1. The second kappa shape index (κ2) is 2.77. The lowest BCUT2D eigenvalue weighted by Crippen LogP contribution is -1.97. The summed E-state index contributed by atoms with van der Waals surface area (Å²) in [5.74, 6) is -1.02. The van der Waals surface area contributed by atoms with Gasteiger partial charge in [-0.2, -0.15) is 4.37 Å². The number of fused-ring (bicyclic) bond motifs is 1. The van der Waals surface area contributed by atoms with Crippen molar-refractivity contribution in [1.82, 2.24) is 9.36 Å². The van der Waals surface area contributed by atoms with E-state index in [4.69, 9.17) is 5.11 Å². The lowest BCUT2D eigenvalue weighted by Gasteiger charge is -1.92. The van der Waals surface area contributed by atoms with E-state index in [0.29, 0.717) is 5.52 Å². The molecule has 2 rings (SSSR count). The van der Waals surface area contributed by atoms with E-state index in [9.17, 15) is 4.79 Å². The van der Waals surface area contributed by atoms with Crippen LogP contribution in [-0.2, 0) is 0 Å².